The van der Waals surface area contributed by atoms with Crippen molar-refractivity contribution in [1.29, 1.82) is 0 Å². The summed E-state index contributed by atoms with van der Waals surface area (Å²) in [4.78, 5) is 16.2. The van der Waals surface area contributed by atoms with Crippen molar-refractivity contribution in [1.82, 2.24) is 14.9 Å². The maximum Gasteiger partial charge on any atom is 0.240 e. The van der Waals surface area contributed by atoms with Gasteiger partial charge in [-0.05, 0) is 26.0 Å². The predicted molar refractivity (Wildman–Crippen MR) is 88.9 cm³/mol. The van der Waals surface area contributed by atoms with Crippen molar-refractivity contribution in [3.8, 4) is 0 Å². The van der Waals surface area contributed by atoms with Gasteiger partial charge in [0.05, 0.1) is 5.39 Å². The summed E-state index contributed by atoms with van der Waals surface area (Å²) in [5, 5.41) is 1.14. The van der Waals surface area contributed by atoms with E-state index in [0.717, 1.165) is 42.2 Å². The highest BCUT2D eigenvalue weighted by atomic mass is 32.1. The first kappa shape index (κ1) is 14.5. The molecule has 1 fully saturated rings. The molecule has 2 aromatic heterocycles. The number of nitrogen functional groups attached to an aromatic ring is 1. The highest BCUT2D eigenvalue weighted by molar-refractivity contribution is 7.18. The van der Waals surface area contributed by atoms with Crippen molar-refractivity contribution in [3.63, 3.8) is 0 Å². The summed E-state index contributed by atoms with van der Waals surface area (Å²) in [5.41, 5.74) is 2.58. The smallest absolute Gasteiger partial charge is 0.240 e. The highest BCUT2D eigenvalue weighted by Crippen LogP contribution is 2.32. The molecule has 7 heteroatoms. The molecule has 0 radical (unpaired) electrons. The molecule has 1 saturated heterocycles. The van der Waals surface area contributed by atoms with Crippen molar-refractivity contribution in [2.24, 2.45) is 5.84 Å². The van der Waals surface area contributed by atoms with E-state index < -0.39 is 0 Å². The summed E-state index contributed by atoms with van der Waals surface area (Å²) in [7, 11) is 0. The van der Waals surface area contributed by atoms with Gasteiger partial charge in [-0.1, -0.05) is 6.92 Å². The van der Waals surface area contributed by atoms with Crippen LogP contribution >= 0.6 is 11.3 Å². The van der Waals surface area contributed by atoms with Crippen LogP contribution in [-0.4, -0.2) is 47.6 Å². The summed E-state index contributed by atoms with van der Waals surface area (Å²) in [6.07, 6.45) is 1.21. The molecule has 114 valence electrons. The van der Waals surface area contributed by atoms with Gasteiger partial charge in [0.15, 0.2) is 0 Å². The number of rotatable bonds is 4. The minimum atomic E-state index is 0.496. The second-order valence-electron chi connectivity index (χ2n) is 5.42. The van der Waals surface area contributed by atoms with Gasteiger partial charge in [-0.25, -0.2) is 10.8 Å². The fourth-order valence-electron chi connectivity index (χ4n) is 2.83. The number of fused-ring (bicyclic) bond motifs is 1. The van der Waals surface area contributed by atoms with Crippen molar-refractivity contribution >= 4 is 33.3 Å². The molecule has 6 nitrogen and oxygen atoms in total. The fourth-order valence-corrected chi connectivity index (χ4v) is 3.71. The number of hydrazine groups is 1. The number of thiophene rings is 1. The van der Waals surface area contributed by atoms with Crippen LogP contribution in [0.15, 0.2) is 6.07 Å². The molecule has 0 spiro atoms. The fraction of sp³-hybridized carbons (Fsp3) is 0.571. The lowest BCUT2D eigenvalue weighted by Gasteiger charge is -2.35. The summed E-state index contributed by atoms with van der Waals surface area (Å²) in [6, 6.07) is 2.17. The molecule has 0 unspecified atom stereocenters. The SMILES string of the molecule is CCCN1CCN(c2nc(NN)nc3sc(C)cc23)CC1. The summed E-state index contributed by atoms with van der Waals surface area (Å²) in [5.74, 6) is 7.01. The zero-order valence-electron chi connectivity index (χ0n) is 12.6. The summed E-state index contributed by atoms with van der Waals surface area (Å²) >= 11 is 1.68. The second-order valence-corrected chi connectivity index (χ2v) is 6.65. The molecule has 3 N–H and O–H groups in total. The first-order valence-corrected chi connectivity index (χ1v) is 8.25. The number of aromatic nitrogens is 2. The Morgan fingerprint density at radius 3 is 2.71 bits per heavy atom. The zero-order valence-corrected chi connectivity index (χ0v) is 13.4. The van der Waals surface area contributed by atoms with E-state index in [2.05, 4.69) is 45.1 Å². The number of nitrogens with two attached hydrogens (primary N) is 1. The number of hydrogen-bond donors (Lipinski definition) is 2. The average Bonchev–Trinajstić information content (AvgIpc) is 2.87. The molecule has 0 saturated carbocycles. The maximum atomic E-state index is 5.51. The van der Waals surface area contributed by atoms with Crippen LogP contribution in [-0.2, 0) is 0 Å². The van der Waals surface area contributed by atoms with Gasteiger partial charge in [-0.15, -0.1) is 11.3 Å². The molecule has 0 aromatic carbocycles. The van der Waals surface area contributed by atoms with Crippen molar-refractivity contribution in [2.45, 2.75) is 20.3 Å². The van der Waals surface area contributed by atoms with Crippen LogP contribution < -0.4 is 16.2 Å². The molecular formula is C14H22N6S. The lowest BCUT2D eigenvalue weighted by molar-refractivity contribution is 0.258. The number of anilines is 2. The van der Waals surface area contributed by atoms with Crippen LogP contribution in [0.3, 0.4) is 0 Å². The Hall–Kier alpha value is -1.44. The van der Waals surface area contributed by atoms with Gasteiger partial charge in [-0.2, -0.15) is 4.98 Å². The Bertz CT molecular complexity index is 617. The van der Waals surface area contributed by atoms with E-state index in [-0.39, 0.29) is 0 Å². The maximum absolute atomic E-state index is 5.51. The van der Waals surface area contributed by atoms with E-state index in [1.165, 1.54) is 17.8 Å². The monoisotopic (exact) mass is 306 g/mol. The lowest BCUT2D eigenvalue weighted by atomic mass is 10.2. The first-order chi connectivity index (χ1) is 10.2. The summed E-state index contributed by atoms with van der Waals surface area (Å²) < 4.78 is 0. The standard InChI is InChI=1S/C14H22N6S/c1-3-4-19-5-7-20(8-6-19)12-11-9-10(2)21-13(11)17-14(16-12)18-15/h9H,3-8,15H2,1-2H3,(H,16,17,18). The normalized spacial score (nSPS) is 16.6. The van der Waals surface area contributed by atoms with Crippen molar-refractivity contribution < 1.29 is 0 Å². The minimum Gasteiger partial charge on any atom is -0.353 e. The third-order valence-corrected chi connectivity index (χ3v) is 4.78. The third kappa shape index (κ3) is 2.95. The third-order valence-electron chi connectivity index (χ3n) is 3.84. The highest BCUT2D eigenvalue weighted by Gasteiger charge is 2.21. The van der Waals surface area contributed by atoms with Crippen LogP contribution in [0.25, 0.3) is 10.2 Å². The van der Waals surface area contributed by atoms with Crippen LogP contribution in [0.4, 0.5) is 11.8 Å². The number of hydrogen-bond acceptors (Lipinski definition) is 7. The predicted octanol–water partition coefficient (Wildman–Crippen LogP) is 1.82. The molecule has 1 aliphatic rings. The number of aryl methyl sites for hydroxylation is 1. The van der Waals surface area contributed by atoms with E-state index in [0.29, 0.717) is 5.95 Å². The molecule has 0 atom stereocenters. The molecule has 21 heavy (non-hydrogen) atoms. The van der Waals surface area contributed by atoms with Gasteiger partial charge in [0.25, 0.3) is 0 Å². The minimum absolute atomic E-state index is 0.496. The van der Waals surface area contributed by atoms with E-state index in [1.54, 1.807) is 11.3 Å². The lowest BCUT2D eigenvalue weighted by Crippen LogP contribution is -2.47. The summed E-state index contributed by atoms with van der Waals surface area (Å²) in [6.45, 7) is 9.70. The second kappa shape index (κ2) is 6.13. The topological polar surface area (TPSA) is 70.3 Å². The van der Waals surface area contributed by atoms with E-state index in [4.69, 9.17) is 5.84 Å². The van der Waals surface area contributed by atoms with Crippen LogP contribution in [0.1, 0.15) is 18.2 Å². The van der Waals surface area contributed by atoms with Gasteiger partial charge in [0.2, 0.25) is 5.95 Å². The van der Waals surface area contributed by atoms with E-state index in [1.807, 2.05) is 0 Å². The van der Waals surface area contributed by atoms with Gasteiger partial charge in [0, 0.05) is 31.1 Å². The quantitative estimate of drug-likeness (QED) is 0.663. The molecule has 1 aliphatic heterocycles. The molecule has 0 amide bonds. The van der Waals surface area contributed by atoms with Gasteiger partial charge >= 0.3 is 0 Å². The van der Waals surface area contributed by atoms with E-state index >= 15 is 0 Å². The zero-order chi connectivity index (χ0) is 14.8. The largest absolute Gasteiger partial charge is 0.353 e. The first-order valence-electron chi connectivity index (χ1n) is 7.43. The Labute approximate surface area is 128 Å². The Morgan fingerprint density at radius 2 is 2.05 bits per heavy atom. The van der Waals surface area contributed by atoms with Gasteiger partial charge in [-0.3, -0.25) is 10.3 Å². The van der Waals surface area contributed by atoms with Crippen LogP contribution in [0, 0.1) is 6.92 Å². The Balaban J connectivity index is 1.89. The van der Waals surface area contributed by atoms with Crippen LogP contribution in [0.2, 0.25) is 0 Å². The Kier molecular flexibility index (Phi) is 4.23. The molecule has 2 aromatic rings. The average molecular weight is 306 g/mol. The van der Waals surface area contributed by atoms with E-state index in [9.17, 15) is 0 Å². The molecule has 0 aliphatic carbocycles. The number of nitrogens with zero attached hydrogens (tertiary/aromatic N) is 4. The Morgan fingerprint density at radius 1 is 1.29 bits per heavy atom. The van der Waals surface area contributed by atoms with Gasteiger partial charge in [0.1, 0.15) is 10.6 Å². The number of piperazine rings is 1. The van der Waals surface area contributed by atoms with Crippen molar-refractivity contribution in [3.05, 3.63) is 10.9 Å². The van der Waals surface area contributed by atoms with Crippen molar-refractivity contribution in [2.75, 3.05) is 43.0 Å². The number of nitrogens with one attached hydrogen (secondary N) is 1. The van der Waals surface area contributed by atoms with Gasteiger partial charge < -0.3 is 4.90 Å². The molecule has 0 bridgehead atoms. The van der Waals surface area contributed by atoms with Crippen LogP contribution in [0.5, 0.6) is 0 Å². The molecular weight excluding hydrogens is 284 g/mol. The molecule has 3 heterocycles. The molecule has 3 rings (SSSR count).